The van der Waals surface area contributed by atoms with Gasteiger partial charge in [0.05, 0.1) is 17.1 Å². The van der Waals surface area contributed by atoms with Crippen LogP contribution in [0.4, 0.5) is 4.39 Å². The summed E-state index contributed by atoms with van der Waals surface area (Å²) < 4.78 is 42.1. The summed E-state index contributed by atoms with van der Waals surface area (Å²) in [7, 11) is -3.70. The third-order valence-corrected chi connectivity index (χ3v) is 10.8. The highest BCUT2D eigenvalue weighted by Crippen LogP contribution is 2.41. The second-order valence-corrected chi connectivity index (χ2v) is 13.9. The number of halogens is 2. The van der Waals surface area contributed by atoms with Crippen molar-refractivity contribution in [2.75, 3.05) is 26.3 Å². The molecule has 4 nitrogen and oxygen atoms in total. The minimum atomic E-state index is -3.70. The van der Waals surface area contributed by atoms with Gasteiger partial charge in [-0.2, -0.15) is 0 Å². The average molecular weight is 622 g/mol. The van der Waals surface area contributed by atoms with Gasteiger partial charge in [-0.15, -0.1) is 0 Å². The molecule has 2 heterocycles. The molecule has 0 spiro atoms. The first-order chi connectivity index (χ1) is 19.3. The molecule has 7 heteroatoms. The molecule has 1 aliphatic carbocycles. The van der Waals surface area contributed by atoms with Gasteiger partial charge < -0.3 is 4.90 Å². The topological polar surface area (TPSA) is 42.3 Å². The minimum absolute atomic E-state index is 0.235. The number of hydrogen-bond donors (Lipinski definition) is 0. The van der Waals surface area contributed by atoms with E-state index in [1.807, 2.05) is 31.2 Å². The Kier molecular flexibility index (Phi) is 7.73. The molecule has 1 saturated heterocycles. The number of nitrogens with zero attached hydrogens (tertiary/aromatic N) is 2. The highest BCUT2D eigenvalue weighted by molar-refractivity contribution is 9.11. The number of fused-ring (bicyclic) bond motifs is 3. The van der Waals surface area contributed by atoms with Crippen molar-refractivity contribution in [3.05, 3.63) is 105 Å². The number of aromatic nitrogens is 1. The minimum Gasteiger partial charge on any atom is -0.303 e. The van der Waals surface area contributed by atoms with E-state index in [1.165, 1.54) is 30.7 Å². The molecule has 6 rings (SSSR count). The molecule has 0 amide bonds. The van der Waals surface area contributed by atoms with Gasteiger partial charge in [0, 0.05) is 35.7 Å². The Bertz CT molecular complexity index is 1670. The lowest BCUT2D eigenvalue weighted by Gasteiger charge is -2.39. The van der Waals surface area contributed by atoms with Gasteiger partial charge in [-0.25, -0.2) is 12.4 Å². The van der Waals surface area contributed by atoms with Crippen molar-refractivity contribution in [2.24, 2.45) is 5.92 Å². The van der Waals surface area contributed by atoms with Gasteiger partial charge in [-0.05, 0) is 97.0 Å². The molecule has 208 valence electrons. The van der Waals surface area contributed by atoms with Gasteiger partial charge in [0.2, 0.25) is 0 Å². The second kappa shape index (κ2) is 11.3. The van der Waals surface area contributed by atoms with Crippen molar-refractivity contribution in [1.29, 1.82) is 0 Å². The summed E-state index contributed by atoms with van der Waals surface area (Å²) in [5.74, 6) is 0.642. The summed E-state index contributed by atoms with van der Waals surface area (Å²) in [4.78, 5) is 2.63. The first kappa shape index (κ1) is 27.4. The summed E-state index contributed by atoms with van der Waals surface area (Å²) >= 11 is 3.90. The number of aryl methyl sites for hydroxylation is 2. The summed E-state index contributed by atoms with van der Waals surface area (Å²) in [5.41, 5.74) is 7.80. The van der Waals surface area contributed by atoms with Crippen molar-refractivity contribution in [3.8, 4) is 0 Å². The lowest BCUT2D eigenvalue weighted by molar-refractivity contribution is 0.0968. The van der Waals surface area contributed by atoms with Crippen LogP contribution in [0.1, 0.15) is 47.1 Å². The number of hydrogen-bond acceptors (Lipinski definition) is 3. The van der Waals surface area contributed by atoms with E-state index < -0.39 is 10.0 Å². The quantitative estimate of drug-likeness (QED) is 0.205. The first-order valence-corrected chi connectivity index (χ1v) is 16.3. The van der Waals surface area contributed by atoms with Gasteiger partial charge >= 0.3 is 0 Å². The summed E-state index contributed by atoms with van der Waals surface area (Å²) in [6, 6.07) is 21.9. The predicted octanol–water partition coefficient (Wildman–Crippen LogP) is 7.51. The van der Waals surface area contributed by atoms with Crippen LogP contribution in [-0.4, -0.2) is 43.6 Å². The molecule has 1 fully saturated rings. The van der Waals surface area contributed by atoms with Gasteiger partial charge in [0.1, 0.15) is 0 Å². The van der Waals surface area contributed by atoms with Gasteiger partial charge in [0.15, 0.2) is 0 Å². The molecule has 40 heavy (non-hydrogen) atoms. The fraction of sp³-hybridized carbons (Fsp3) is 0.333. The van der Waals surface area contributed by atoms with Crippen LogP contribution in [0.15, 0.2) is 82.3 Å². The molecular weight excluding hydrogens is 587 g/mol. The molecule has 0 bridgehead atoms. The van der Waals surface area contributed by atoms with Crippen LogP contribution in [0.5, 0.6) is 0 Å². The molecule has 0 atom stereocenters. The van der Waals surface area contributed by atoms with Crippen molar-refractivity contribution < 1.29 is 12.8 Å². The molecule has 0 radical (unpaired) electrons. The third-order valence-electron chi connectivity index (χ3n) is 8.30. The molecule has 0 N–H and O–H groups in total. The highest BCUT2D eigenvalue weighted by atomic mass is 79.9. The molecule has 4 aromatic rings. The Hall–Kier alpha value is -2.74. The molecule has 1 aliphatic heterocycles. The second-order valence-electron chi connectivity index (χ2n) is 11.2. The van der Waals surface area contributed by atoms with Crippen LogP contribution in [0.2, 0.25) is 0 Å². The summed E-state index contributed by atoms with van der Waals surface area (Å²) in [6.45, 7) is 4.69. The van der Waals surface area contributed by atoms with E-state index in [1.54, 1.807) is 18.3 Å². The average Bonchev–Trinajstić information content (AvgIpc) is 3.30. The van der Waals surface area contributed by atoms with E-state index in [0.29, 0.717) is 22.8 Å². The van der Waals surface area contributed by atoms with Crippen molar-refractivity contribution >= 4 is 42.4 Å². The third kappa shape index (κ3) is 5.19. The number of alkyl halides is 1. The number of likely N-dealkylation sites (tertiary alicyclic amines) is 1. The van der Waals surface area contributed by atoms with Crippen molar-refractivity contribution in [1.82, 2.24) is 8.87 Å². The van der Waals surface area contributed by atoms with Crippen LogP contribution in [0, 0.1) is 12.8 Å². The molecule has 2 aliphatic rings. The maximum atomic E-state index is 13.5. The lowest BCUT2D eigenvalue weighted by atomic mass is 9.89. The Morgan fingerprint density at radius 2 is 1.70 bits per heavy atom. The maximum Gasteiger partial charge on any atom is 0.268 e. The van der Waals surface area contributed by atoms with Crippen LogP contribution >= 0.6 is 15.9 Å². The zero-order valence-electron chi connectivity index (χ0n) is 22.7. The normalized spacial score (nSPS) is 16.7. The monoisotopic (exact) mass is 620 g/mol. The van der Waals surface area contributed by atoms with E-state index in [4.69, 9.17) is 0 Å². The molecule has 0 saturated carbocycles. The van der Waals surface area contributed by atoms with E-state index in [-0.39, 0.29) is 6.67 Å². The number of rotatable bonds is 8. The smallest absolute Gasteiger partial charge is 0.268 e. The molecular formula is C33H34BrFN2O2S. The Balaban J connectivity index is 1.29. The van der Waals surface area contributed by atoms with E-state index in [9.17, 15) is 12.8 Å². The fourth-order valence-corrected chi connectivity index (χ4v) is 8.28. The molecule has 1 aromatic heterocycles. The maximum absolute atomic E-state index is 13.5. The van der Waals surface area contributed by atoms with E-state index in [2.05, 4.69) is 51.2 Å². The summed E-state index contributed by atoms with van der Waals surface area (Å²) in [6.07, 6.45) is 6.19. The molecule has 0 unspecified atom stereocenters. The van der Waals surface area contributed by atoms with Crippen LogP contribution in [-0.2, 0) is 22.9 Å². The summed E-state index contributed by atoms with van der Waals surface area (Å²) in [5, 5.41) is 0.992. The Labute approximate surface area is 244 Å². The van der Waals surface area contributed by atoms with E-state index in [0.717, 1.165) is 61.8 Å². The van der Waals surface area contributed by atoms with Gasteiger partial charge in [-0.3, -0.25) is 4.39 Å². The largest absolute Gasteiger partial charge is 0.303 e. The van der Waals surface area contributed by atoms with Crippen molar-refractivity contribution in [3.63, 3.8) is 0 Å². The lowest BCUT2D eigenvalue weighted by Crippen LogP contribution is -2.47. The van der Waals surface area contributed by atoms with Crippen LogP contribution in [0.25, 0.3) is 16.5 Å². The van der Waals surface area contributed by atoms with Crippen molar-refractivity contribution in [2.45, 2.75) is 43.9 Å². The zero-order chi connectivity index (χ0) is 27.9. The Morgan fingerprint density at radius 1 is 0.950 bits per heavy atom. The van der Waals surface area contributed by atoms with Gasteiger partial charge in [-0.1, -0.05) is 64.0 Å². The standard InChI is InChI=1S/C33H34BrFN2O2S/c1-23-6-12-27(13-7-23)40(38,39)37-19-16-29-28-4-2-5-31(34)33(30(28)14-15-32(29)37)26-10-8-24(9-11-26)20-25-21-36(22-25)18-3-17-35/h6-16,19,25H,2-5,17-18,20-22H2,1H3. The highest BCUT2D eigenvalue weighted by Gasteiger charge is 2.27. The van der Waals surface area contributed by atoms with Gasteiger partial charge in [0.25, 0.3) is 10.0 Å². The fourth-order valence-electron chi connectivity index (χ4n) is 6.21. The SMILES string of the molecule is Cc1ccc(S(=O)(=O)n2ccc3c4c(ccc32)C(c2ccc(CC3CN(CCCF)C3)cc2)=C(Br)CCC4)cc1. The number of benzene rings is 3. The van der Waals surface area contributed by atoms with Crippen LogP contribution in [0.3, 0.4) is 0 Å². The number of allylic oxidation sites excluding steroid dienone is 1. The zero-order valence-corrected chi connectivity index (χ0v) is 25.1. The first-order valence-electron chi connectivity index (χ1n) is 14.1. The predicted molar refractivity (Wildman–Crippen MR) is 164 cm³/mol. The van der Waals surface area contributed by atoms with E-state index >= 15 is 0 Å². The Morgan fingerprint density at radius 3 is 2.42 bits per heavy atom. The van der Waals surface area contributed by atoms with Crippen LogP contribution < -0.4 is 0 Å². The molecule has 3 aromatic carbocycles.